The lowest BCUT2D eigenvalue weighted by Crippen LogP contribution is -2.47. The van der Waals surface area contributed by atoms with Crippen LogP contribution in [0.1, 0.15) is 43.6 Å². The zero-order valence-corrected chi connectivity index (χ0v) is 12.6. The molecular weight excluding hydrogens is 268 g/mol. The number of rotatable bonds is 4. The number of piperidine rings is 1. The van der Waals surface area contributed by atoms with E-state index in [1.165, 1.54) is 18.6 Å². The fourth-order valence-corrected chi connectivity index (χ4v) is 2.41. The Morgan fingerprint density at radius 1 is 1.48 bits per heavy atom. The first-order valence-electron chi connectivity index (χ1n) is 7.47. The molecule has 0 aromatic carbocycles. The second-order valence-corrected chi connectivity index (χ2v) is 5.50. The van der Waals surface area contributed by atoms with Crippen molar-refractivity contribution < 1.29 is 9.59 Å². The maximum absolute atomic E-state index is 12.3. The SMILES string of the molecule is CCC(C)NC(=O)C1CCCN(C(=O)c2cnccn2)C1. The van der Waals surface area contributed by atoms with E-state index < -0.39 is 0 Å². The van der Waals surface area contributed by atoms with Crippen LogP contribution in [0.2, 0.25) is 0 Å². The average molecular weight is 290 g/mol. The molecule has 21 heavy (non-hydrogen) atoms. The lowest BCUT2D eigenvalue weighted by atomic mass is 9.96. The topological polar surface area (TPSA) is 75.2 Å². The van der Waals surface area contributed by atoms with Crippen LogP contribution >= 0.6 is 0 Å². The third-order valence-corrected chi connectivity index (χ3v) is 3.86. The van der Waals surface area contributed by atoms with Crippen molar-refractivity contribution in [1.82, 2.24) is 20.2 Å². The molecule has 1 aliphatic rings. The molecule has 1 aromatic heterocycles. The number of aromatic nitrogens is 2. The molecule has 0 spiro atoms. The predicted molar refractivity (Wildman–Crippen MR) is 78.6 cm³/mol. The van der Waals surface area contributed by atoms with Gasteiger partial charge in [0.25, 0.3) is 5.91 Å². The summed E-state index contributed by atoms with van der Waals surface area (Å²) in [5.74, 6) is -0.237. The van der Waals surface area contributed by atoms with Gasteiger partial charge in [-0.25, -0.2) is 4.98 Å². The van der Waals surface area contributed by atoms with E-state index in [1.54, 1.807) is 4.90 Å². The summed E-state index contributed by atoms with van der Waals surface area (Å²) in [6.07, 6.45) is 7.07. The second-order valence-electron chi connectivity index (χ2n) is 5.50. The van der Waals surface area contributed by atoms with Gasteiger partial charge >= 0.3 is 0 Å². The van der Waals surface area contributed by atoms with Gasteiger partial charge in [0, 0.05) is 31.5 Å². The number of nitrogens with zero attached hydrogens (tertiary/aromatic N) is 3. The minimum atomic E-state index is -0.149. The van der Waals surface area contributed by atoms with E-state index in [4.69, 9.17) is 0 Å². The molecule has 2 amide bonds. The van der Waals surface area contributed by atoms with E-state index in [-0.39, 0.29) is 23.8 Å². The summed E-state index contributed by atoms with van der Waals surface area (Å²) in [7, 11) is 0. The molecule has 1 aliphatic heterocycles. The summed E-state index contributed by atoms with van der Waals surface area (Å²) >= 11 is 0. The molecule has 0 bridgehead atoms. The first kappa shape index (κ1) is 15.4. The Morgan fingerprint density at radius 2 is 2.29 bits per heavy atom. The van der Waals surface area contributed by atoms with Crippen LogP contribution in [-0.4, -0.2) is 45.8 Å². The predicted octanol–water partition coefficient (Wildman–Crippen LogP) is 1.24. The van der Waals surface area contributed by atoms with Crippen LogP contribution in [0, 0.1) is 5.92 Å². The van der Waals surface area contributed by atoms with Crippen molar-refractivity contribution in [1.29, 1.82) is 0 Å². The van der Waals surface area contributed by atoms with E-state index in [2.05, 4.69) is 15.3 Å². The number of nitrogens with one attached hydrogen (secondary N) is 1. The highest BCUT2D eigenvalue weighted by Crippen LogP contribution is 2.18. The zero-order chi connectivity index (χ0) is 15.2. The van der Waals surface area contributed by atoms with Gasteiger partial charge in [0.15, 0.2) is 0 Å². The Kier molecular flexibility index (Phi) is 5.25. The van der Waals surface area contributed by atoms with Crippen LogP contribution in [0.25, 0.3) is 0 Å². The van der Waals surface area contributed by atoms with Gasteiger partial charge in [0.05, 0.1) is 12.1 Å². The fourth-order valence-electron chi connectivity index (χ4n) is 2.41. The molecule has 1 fully saturated rings. The molecule has 0 aliphatic carbocycles. The summed E-state index contributed by atoms with van der Waals surface area (Å²) < 4.78 is 0. The van der Waals surface area contributed by atoms with E-state index >= 15 is 0 Å². The summed E-state index contributed by atoms with van der Waals surface area (Å²) in [6, 6.07) is 0.170. The first-order chi connectivity index (χ1) is 10.1. The van der Waals surface area contributed by atoms with Gasteiger partial charge in [0.2, 0.25) is 5.91 Å². The maximum atomic E-state index is 12.3. The molecule has 1 aromatic rings. The highest BCUT2D eigenvalue weighted by molar-refractivity contribution is 5.92. The van der Waals surface area contributed by atoms with Crippen LogP contribution in [0.4, 0.5) is 0 Å². The van der Waals surface area contributed by atoms with Crippen molar-refractivity contribution in [2.24, 2.45) is 5.92 Å². The maximum Gasteiger partial charge on any atom is 0.274 e. The third kappa shape index (κ3) is 4.00. The molecule has 2 unspecified atom stereocenters. The van der Waals surface area contributed by atoms with Crippen molar-refractivity contribution >= 4 is 11.8 Å². The Hall–Kier alpha value is -1.98. The lowest BCUT2D eigenvalue weighted by molar-refractivity contribution is -0.126. The monoisotopic (exact) mass is 290 g/mol. The smallest absolute Gasteiger partial charge is 0.274 e. The molecule has 114 valence electrons. The number of carbonyl (C=O) groups is 2. The van der Waals surface area contributed by atoms with Crippen LogP contribution in [-0.2, 0) is 4.79 Å². The Labute approximate surface area is 125 Å². The first-order valence-corrected chi connectivity index (χ1v) is 7.47. The highest BCUT2D eigenvalue weighted by Gasteiger charge is 2.29. The van der Waals surface area contributed by atoms with Crippen molar-refractivity contribution in [2.75, 3.05) is 13.1 Å². The van der Waals surface area contributed by atoms with Gasteiger partial charge in [0.1, 0.15) is 5.69 Å². The van der Waals surface area contributed by atoms with Crippen molar-refractivity contribution in [3.05, 3.63) is 24.3 Å². The van der Waals surface area contributed by atoms with Crippen LogP contribution < -0.4 is 5.32 Å². The van der Waals surface area contributed by atoms with Crippen molar-refractivity contribution in [3.63, 3.8) is 0 Å². The van der Waals surface area contributed by atoms with E-state index in [0.29, 0.717) is 18.8 Å². The number of hydrogen-bond donors (Lipinski definition) is 1. The van der Waals surface area contributed by atoms with Gasteiger partial charge in [-0.05, 0) is 26.2 Å². The summed E-state index contributed by atoms with van der Waals surface area (Å²) in [5.41, 5.74) is 0.334. The number of hydrogen-bond acceptors (Lipinski definition) is 4. The minimum Gasteiger partial charge on any atom is -0.353 e. The number of likely N-dealkylation sites (tertiary alicyclic amines) is 1. The molecule has 6 heteroatoms. The van der Waals surface area contributed by atoms with Crippen molar-refractivity contribution in [2.45, 2.75) is 39.2 Å². The Bertz CT molecular complexity index is 492. The van der Waals surface area contributed by atoms with Gasteiger partial charge < -0.3 is 10.2 Å². The Balaban J connectivity index is 1.97. The molecule has 0 radical (unpaired) electrons. The van der Waals surface area contributed by atoms with E-state index in [1.807, 2.05) is 13.8 Å². The Morgan fingerprint density at radius 3 is 2.95 bits per heavy atom. The van der Waals surface area contributed by atoms with Crippen molar-refractivity contribution in [3.8, 4) is 0 Å². The third-order valence-electron chi connectivity index (χ3n) is 3.86. The van der Waals surface area contributed by atoms with Gasteiger partial charge in [-0.15, -0.1) is 0 Å². The van der Waals surface area contributed by atoms with E-state index in [0.717, 1.165) is 19.3 Å². The number of amides is 2. The molecular formula is C15H22N4O2. The normalized spacial score (nSPS) is 19.9. The zero-order valence-electron chi connectivity index (χ0n) is 12.6. The highest BCUT2D eigenvalue weighted by atomic mass is 16.2. The average Bonchev–Trinajstić information content (AvgIpc) is 2.55. The summed E-state index contributed by atoms with van der Waals surface area (Å²) in [5, 5.41) is 2.99. The van der Waals surface area contributed by atoms with Crippen LogP contribution in [0.15, 0.2) is 18.6 Å². The van der Waals surface area contributed by atoms with Gasteiger partial charge in [-0.2, -0.15) is 0 Å². The second kappa shape index (κ2) is 7.15. The molecule has 6 nitrogen and oxygen atoms in total. The quantitative estimate of drug-likeness (QED) is 0.905. The molecule has 2 heterocycles. The molecule has 2 rings (SSSR count). The minimum absolute atomic E-state index is 0.0426. The van der Waals surface area contributed by atoms with Gasteiger partial charge in [-0.3, -0.25) is 14.6 Å². The molecule has 1 N–H and O–H groups in total. The van der Waals surface area contributed by atoms with Crippen LogP contribution in [0.3, 0.4) is 0 Å². The summed E-state index contributed by atoms with van der Waals surface area (Å²) in [4.78, 5) is 34.2. The van der Waals surface area contributed by atoms with E-state index in [9.17, 15) is 9.59 Å². The standard InChI is InChI=1S/C15H22N4O2/c1-3-11(2)18-14(20)12-5-4-8-19(10-12)15(21)13-9-16-6-7-17-13/h6-7,9,11-12H,3-5,8,10H2,1-2H3,(H,18,20). The molecule has 1 saturated heterocycles. The van der Waals surface area contributed by atoms with Crippen LogP contribution in [0.5, 0.6) is 0 Å². The molecule has 0 saturated carbocycles. The molecule has 2 atom stereocenters. The largest absolute Gasteiger partial charge is 0.353 e. The van der Waals surface area contributed by atoms with Gasteiger partial charge in [-0.1, -0.05) is 6.92 Å². The fraction of sp³-hybridized carbons (Fsp3) is 0.600. The number of carbonyl (C=O) groups excluding carboxylic acids is 2. The lowest BCUT2D eigenvalue weighted by Gasteiger charge is -2.32. The summed E-state index contributed by atoms with van der Waals surface area (Å²) in [6.45, 7) is 5.15.